The first-order valence-corrected chi connectivity index (χ1v) is 9.78. The van der Waals surface area contributed by atoms with Gasteiger partial charge in [-0.15, -0.1) is 0 Å². The molecular weight excluding hydrogens is 352 g/mol. The Morgan fingerprint density at radius 3 is 2.54 bits per heavy atom. The van der Waals surface area contributed by atoms with E-state index in [1.165, 1.54) is 12.1 Å². The van der Waals surface area contributed by atoms with Crippen LogP contribution in [0.4, 0.5) is 5.69 Å². The number of nitrogens with zero attached hydrogens (tertiary/aromatic N) is 1. The third kappa shape index (κ3) is 3.35. The van der Waals surface area contributed by atoms with Crippen molar-refractivity contribution in [3.8, 4) is 0 Å². The van der Waals surface area contributed by atoms with Crippen molar-refractivity contribution < 1.29 is 18.0 Å². The second-order valence-electron chi connectivity index (χ2n) is 6.35. The summed E-state index contributed by atoms with van der Waals surface area (Å²) in [5, 5.41) is 2.82. The molecule has 1 N–H and O–H groups in total. The number of anilines is 1. The van der Waals surface area contributed by atoms with Crippen LogP contribution in [0.15, 0.2) is 47.4 Å². The number of aryl methyl sites for hydroxylation is 2. The fraction of sp³-hybridized carbons (Fsp3) is 0.263. The van der Waals surface area contributed by atoms with E-state index in [9.17, 15) is 18.0 Å². The van der Waals surface area contributed by atoms with Gasteiger partial charge in [-0.1, -0.05) is 29.8 Å². The van der Waals surface area contributed by atoms with Gasteiger partial charge in [0, 0.05) is 18.7 Å². The van der Waals surface area contributed by atoms with Gasteiger partial charge in [-0.3, -0.25) is 9.59 Å². The first-order valence-electron chi connectivity index (χ1n) is 8.34. The molecule has 2 amide bonds. The summed E-state index contributed by atoms with van der Waals surface area (Å²) in [5.41, 5.74) is 2.99. The summed E-state index contributed by atoms with van der Waals surface area (Å²) in [6.45, 7) is 3.87. The van der Waals surface area contributed by atoms with Crippen LogP contribution in [-0.2, 0) is 14.8 Å². The first-order chi connectivity index (χ1) is 12.3. The molecule has 6 nitrogen and oxygen atoms in total. The highest BCUT2D eigenvalue weighted by Crippen LogP contribution is 2.30. The van der Waals surface area contributed by atoms with E-state index < -0.39 is 15.9 Å². The third-order valence-electron chi connectivity index (χ3n) is 4.33. The van der Waals surface area contributed by atoms with Gasteiger partial charge < -0.3 is 5.32 Å². The Morgan fingerprint density at radius 2 is 1.85 bits per heavy atom. The van der Waals surface area contributed by atoms with Gasteiger partial charge in [0.05, 0.1) is 5.56 Å². The lowest BCUT2D eigenvalue weighted by Gasteiger charge is -2.15. The summed E-state index contributed by atoms with van der Waals surface area (Å²) < 4.78 is 25.7. The van der Waals surface area contributed by atoms with E-state index >= 15 is 0 Å². The van der Waals surface area contributed by atoms with Gasteiger partial charge in [-0.2, -0.15) is 0 Å². The molecule has 1 aliphatic rings. The minimum atomic E-state index is -3.81. The van der Waals surface area contributed by atoms with Gasteiger partial charge in [-0.05, 0) is 44.0 Å². The van der Waals surface area contributed by atoms with Crippen molar-refractivity contribution in [2.75, 3.05) is 11.9 Å². The molecule has 1 heterocycles. The van der Waals surface area contributed by atoms with Crippen LogP contribution >= 0.6 is 0 Å². The largest absolute Gasteiger partial charge is 0.326 e. The summed E-state index contributed by atoms with van der Waals surface area (Å²) >= 11 is 0. The molecule has 7 heteroatoms. The highest BCUT2D eigenvalue weighted by molar-refractivity contribution is 7.90. The van der Waals surface area contributed by atoms with Crippen LogP contribution in [0.25, 0.3) is 0 Å². The van der Waals surface area contributed by atoms with Crippen molar-refractivity contribution in [1.82, 2.24) is 4.31 Å². The van der Waals surface area contributed by atoms with Crippen molar-refractivity contribution >= 4 is 27.5 Å². The number of hydrogen-bond donors (Lipinski definition) is 1. The maximum Gasteiger partial charge on any atom is 0.269 e. The summed E-state index contributed by atoms with van der Waals surface area (Å²) in [6, 6.07) is 11.9. The molecule has 0 aliphatic carbocycles. The number of carbonyl (C=O) groups excluding carboxylic acids is 2. The van der Waals surface area contributed by atoms with E-state index in [4.69, 9.17) is 0 Å². The third-order valence-corrected chi connectivity index (χ3v) is 6.17. The minimum absolute atomic E-state index is 0.0177. The summed E-state index contributed by atoms with van der Waals surface area (Å²) in [7, 11) is -3.81. The molecule has 0 atom stereocenters. The Bertz CT molecular complexity index is 983. The molecule has 2 aromatic carbocycles. The van der Waals surface area contributed by atoms with Crippen molar-refractivity contribution in [2.24, 2.45) is 0 Å². The smallest absolute Gasteiger partial charge is 0.269 e. The normalized spacial score (nSPS) is 15.0. The molecule has 3 rings (SSSR count). The second kappa shape index (κ2) is 6.92. The van der Waals surface area contributed by atoms with E-state index in [0.29, 0.717) is 0 Å². The predicted molar refractivity (Wildman–Crippen MR) is 98.4 cm³/mol. The standard InChI is InChI=1S/C19H20N2O4S/c1-13-9-10-16(14(2)12-13)20-18(22)8-5-11-21-19(23)15-6-3-4-7-17(15)26(21,24)25/h3-4,6-7,9-10,12H,5,8,11H2,1-2H3,(H,20,22). The lowest BCUT2D eigenvalue weighted by Crippen LogP contribution is -2.31. The Morgan fingerprint density at radius 1 is 1.12 bits per heavy atom. The van der Waals surface area contributed by atoms with Gasteiger partial charge in [0.1, 0.15) is 4.90 Å². The van der Waals surface area contributed by atoms with Crippen molar-refractivity contribution in [3.63, 3.8) is 0 Å². The zero-order chi connectivity index (χ0) is 18.9. The molecule has 0 radical (unpaired) electrons. The topological polar surface area (TPSA) is 83.6 Å². The van der Waals surface area contributed by atoms with Gasteiger partial charge in [-0.25, -0.2) is 12.7 Å². The average Bonchev–Trinajstić information content (AvgIpc) is 2.78. The molecule has 26 heavy (non-hydrogen) atoms. The van der Waals surface area contributed by atoms with Crippen molar-refractivity contribution in [1.29, 1.82) is 0 Å². The van der Waals surface area contributed by atoms with Gasteiger partial charge in [0.25, 0.3) is 15.9 Å². The monoisotopic (exact) mass is 372 g/mol. The van der Waals surface area contributed by atoms with Crippen LogP contribution in [0.3, 0.4) is 0 Å². The molecule has 2 aromatic rings. The second-order valence-corrected chi connectivity index (χ2v) is 8.18. The van der Waals surface area contributed by atoms with Crippen LogP contribution in [0, 0.1) is 13.8 Å². The molecule has 0 saturated heterocycles. The molecule has 0 bridgehead atoms. The number of fused-ring (bicyclic) bond motifs is 1. The molecular formula is C19H20N2O4S. The Labute approximate surface area is 152 Å². The molecule has 0 saturated carbocycles. The lowest BCUT2D eigenvalue weighted by atomic mass is 10.1. The average molecular weight is 372 g/mol. The zero-order valence-electron chi connectivity index (χ0n) is 14.7. The number of benzene rings is 2. The highest BCUT2D eigenvalue weighted by Gasteiger charge is 2.40. The Kier molecular flexibility index (Phi) is 4.82. The number of sulfonamides is 1. The molecule has 0 aromatic heterocycles. The summed E-state index contributed by atoms with van der Waals surface area (Å²) in [4.78, 5) is 24.5. The maximum atomic E-state index is 12.4. The van der Waals surface area contributed by atoms with Gasteiger partial charge in [0.15, 0.2) is 0 Å². The Balaban J connectivity index is 1.60. The number of rotatable bonds is 5. The van der Waals surface area contributed by atoms with Crippen LogP contribution < -0.4 is 5.32 Å². The zero-order valence-corrected chi connectivity index (χ0v) is 15.5. The van der Waals surface area contributed by atoms with Crippen LogP contribution in [0.2, 0.25) is 0 Å². The van der Waals surface area contributed by atoms with Crippen LogP contribution in [0.5, 0.6) is 0 Å². The van der Waals surface area contributed by atoms with E-state index in [0.717, 1.165) is 21.1 Å². The molecule has 1 aliphatic heterocycles. The predicted octanol–water partition coefficient (Wildman–Crippen LogP) is 2.87. The van der Waals surface area contributed by atoms with E-state index in [-0.39, 0.29) is 35.8 Å². The molecule has 0 spiro atoms. The van der Waals surface area contributed by atoms with Crippen molar-refractivity contribution in [3.05, 3.63) is 59.2 Å². The van der Waals surface area contributed by atoms with Crippen LogP contribution in [-0.4, -0.2) is 31.1 Å². The quantitative estimate of drug-likeness (QED) is 0.875. The summed E-state index contributed by atoms with van der Waals surface area (Å²) in [6.07, 6.45) is 0.388. The Hall–Kier alpha value is -2.67. The minimum Gasteiger partial charge on any atom is -0.326 e. The fourth-order valence-corrected chi connectivity index (χ4v) is 4.61. The van der Waals surface area contributed by atoms with Gasteiger partial charge >= 0.3 is 0 Å². The fourth-order valence-electron chi connectivity index (χ4n) is 3.00. The van der Waals surface area contributed by atoms with Crippen molar-refractivity contribution in [2.45, 2.75) is 31.6 Å². The van der Waals surface area contributed by atoms with Gasteiger partial charge in [0.2, 0.25) is 5.91 Å². The van der Waals surface area contributed by atoms with E-state index in [1.807, 2.05) is 32.0 Å². The maximum absolute atomic E-state index is 12.4. The molecule has 0 fully saturated rings. The highest BCUT2D eigenvalue weighted by atomic mass is 32.2. The first kappa shape index (κ1) is 18.1. The number of carbonyl (C=O) groups is 2. The molecule has 136 valence electrons. The number of amides is 2. The SMILES string of the molecule is Cc1ccc(NC(=O)CCCN2C(=O)c3ccccc3S2(=O)=O)c(C)c1. The lowest BCUT2D eigenvalue weighted by molar-refractivity contribution is -0.116. The molecule has 0 unspecified atom stereocenters. The van der Waals surface area contributed by atoms with E-state index in [2.05, 4.69) is 5.32 Å². The summed E-state index contributed by atoms with van der Waals surface area (Å²) in [5.74, 6) is -0.742. The number of nitrogens with one attached hydrogen (secondary N) is 1. The van der Waals surface area contributed by atoms with E-state index in [1.54, 1.807) is 12.1 Å². The van der Waals surface area contributed by atoms with Crippen LogP contribution in [0.1, 0.15) is 34.3 Å². The number of hydrogen-bond acceptors (Lipinski definition) is 4.